The molecule has 1 aliphatic carbocycles. The third-order valence-electron chi connectivity index (χ3n) is 4.65. The van der Waals surface area contributed by atoms with E-state index in [1.165, 1.54) is 37.8 Å². The molecule has 1 N–H and O–H groups in total. The van der Waals surface area contributed by atoms with Gasteiger partial charge in [0.25, 0.3) is 0 Å². The second-order valence-electron chi connectivity index (χ2n) is 6.70. The highest BCUT2D eigenvalue weighted by atomic mass is 79.9. The quantitative estimate of drug-likeness (QED) is 0.360. The average molecular weight is 455 g/mol. The summed E-state index contributed by atoms with van der Waals surface area (Å²) in [5.41, 5.74) is 3.67. The number of allylic oxidation sites excluding steroid dienone is 1. The van der Waals surface area contributed by atoms with Crippen LogP contribution in [0.5, 0.6) is 5.75 Å². The SMILES string of the molecule is Cl.Fc1ccc(COc2ccc(Br)cc2CNCCC2=CCCCC2)cc1. The normalized spacial score (nSPS) is 13.6. The van der Waals surface area contributed by atoms with E-state index in [1.54, 1.807) is 17.7 Å². The number of nitrogens with one attached hydrogen (secondary N) is 1. The third-order valence-corrected chi connectivity index (χ3v) is 5.15. The van der Waals surface area contributed by atoms with Gasteiger partial charge in [-0.05, 0) is 74.5 Å². The van der Waals surface area contributed by atoms with Gasteiger partial charge in [0, 0.05) is 16.6 Å². The zero-order valence-corrected chi connectivity index (χ0v) is 17.8. The monoisotopic (exact) mass is 453 g/mol. The highest BCUT2D eigenvalue weighted by Crippen LogP contribution is 2.24. The van der Waals surface area contributed by atoms with Crippen LogP contribution in [0.15, 0.2) is 58.6 Å². The fraction of sp³-hybridized carbons (Fsp3) is 0.364. The number of rotatable bonds is 8. The molecule has 0 unspecified atom stereocenters. The largest absolute Gasteiger partial charge is 0.489 e. The molecular weight excluding hydrogens is 429 g/mol. The lowest BCUT2D eigenvalue weighted by atomic mass is 9.97. The van der Waals surface area contributed by atoms with Gasteiger partial charge in [-0.15, -0.1) is 12.4 Å². The van der Waals surface area contributed by atoms with Crippen molar-refractivity contribution in [3.63, 3.8) is 0 Å². The van der Waals surface area contributed by atoms with Gasteiger partial charge < -0.3 is 10.1 Å². The molecule has 0 saturated heterocycles. The topological polar surface area (TPSA) is 21.3 Å². The Morgan fingerprint density at radius 1 is 1.07 bits per heavy atom. The summed E-state index contributed by atoms with van der Waals surface area (Å²) in [6.07, 6.45) is 8.69. The van der Waals surface area contributed by atoms with E-state index in [-0.39, 0.29) is 18.2 Å². The second kappa shape index (κ2) is 11.5. The van der Waals surface area contributed by atoms with E-state index in [1.807, 2.05) is 12.1 Å². The molecule has 0 bridgehead atoms. The van der Waals surface area contributed by atoms with E-state index in [4.69, 9.17) is 4.74 Å². The van der Waals surface area contributed by atoms with E-state index < -0.39 is 0 Å². The van der Waals surface area contributed by atoms with Crippen LogP contribution in [0.2, 0.25) is 0 Å². The molecule has 3 rings (SSSR count). The predicted octanol–water partition coefficient (Wildman–Crippen LogP) is 6.57. The lowest BCUT2D eigenvalue weighted by Crippen LogP contribution is -2.16. The molecule has 1 aliphatic rings. The lowest BCUT2D eigenvalue weighted by Gasteiger charge is -2.15. The van der Waals surface area contributed by atoms with Crippen molar-refractivity contribution in [1.82, 2.24) is 5.32 Å². The van der Waals surface area contributed by atoms with Gasteiger partial charge in [0.15, 0.2) is 0 Å². The molecule has 0 heterocycles. The number of hydrogen-bond acceptors (Lipinski definition) is 2. The summed E-state index contributed by atoms with van der Waals surface area (Å²) < 4.78 is 20.0. The summed E-state index contributed by atoms with van der Waals surface area (Å²) in [6, 6.07) is 12.5. The second-order valence-corrected chi connectivity index (χ2v) is 7.62. The van der Waals surface area contributed by atoms with Crippen molar-refractivity contribution < 1.29 is 9.13 Å². The molecule has 2 aromatic rings. The van der Waals surface area contributed by atoms with Gasteiger partial charge in [-0.2, -0.15) is 0 Å². The lowest BCUT2D eigenvalue weighted by molar-refractivity contribution is 0.302. The van der Waals surface area contributed by atoms with Crippen LogP contribution in [0.3, 0.4) is 0 Å². The van der Waals surface area contributed by atoms with E-state index in [2.05, 4.69) is 33.4 Å². The molecule has 0 aliphatic heterocycles. The van der Waals surface area contributed by atoms with Crippen LogP contribution in [0.1, 0.15) is 43.2 Å². The Kier molecular flexibility index (Phi) is 9.32. The van der Waals surface area contributed by atoms with Crippen LogP contribution >= 0.6 is 28.3 Å². The van der Waals surface area contributed by atoms with Crippen molar-refractivity contribution in [3.05, 3.63) is 75.5 Å². The van der Waals surface area contributed by atoms with Gasteiger partial charge in [-0.3, -0.25) is 0 Å². The molecule has 0 radical (unpaired) electrons. The highest BCUT2D eigenvalue weighted by Gasteiger charge is 2.07. The Balaban J connectivity index is 0.00000261. The predicted molar refractivity (Wildman–Crippen MR) is 115 cm³/mol. The zero-order chi connectivity index (χ0) is 18.2. The van der Waals surface area contributed by atoms with Gasteiger partial charge in [-0.1, -0.05) is 39.7 Å². The van der Waals surface area contributed by atoms with Crippen LogP contribution in [-0.2, 0) is 13.2 Å². The van der Waals surface area contributed by atoms with Crippen molar-refractivity contribution in [2.75, 3.05) is 6.54 Å². The van der Waals surface area contributed by atoms with Crippen LogP contribution in [0.25, 0.3) is 0 Å². The molecule has 2 aromatic carbocycles. The fourth-order valence-electron chi connectivity index (χ4n) is 3.17. The van der Waals surface area contributed by atoms with E-state index >= 15 is 0 Å². The number of hydrogen-bond donors (Lipinski definition) is 1. The molecule has 0 fully saturated rings. The summed E-state index contributed by atoms with van der Waals surface area (Å²) in [7, 11) is 0. The minimum atomic E-state index is -0.227. The average Bonchev–Trinajstić information content (AvgIpc) is 2.67. The molecular formula is C22H26BrClFNO. The fourth-order valence-corrected chi connectivity index (χ4v) is 3.58. The van der Waals surface area contributed by atoms with Crippen molar-refractivity contribution in [2.24, 2.45) is 0 Å². The third kappa shape index (κ3) is 7.28. The van der Waals surface area contributed by atoms with Crippen LogP contribution < -0.4 is 10.1 Å². The van der Waals surface area contributed by atoms with Gasteiger partial charge in [-0.25, -0.2) is 4.39 Å². The maximum atomic E-state index is 13.0. The first-order valence-corrected chi connectivity index (χ1v) is 10.0. The summed E-state index contributed by atoms with van der Waals surface area (Å²) in [4.78, 5) is 0. The number of ether oxygens (including phenoxy) is 1. The van der Waals surface area contributed by atoms with Crippen molar-refractivity contribution in [1.29, 1.82) is 0 Å². The standard InChI is InChI=1S/C22H25BrFNO.ClH/c23-20-8-11-22(26-16-18-6-9-21(24)10-7-18)19(14-20)15-25-13-12-17-4-2-1-3-5-17;/h4,6-11,14,25H,1-3,5,12-13,15-16H2;1H. The maximum absolute atomic E-state index is 13.0. The van der Waals surface area contributed by atoms with Crippen molar-refractivity contribution in [2.45, 2.75) is 45.3 Å². The number of benzene rings is 2. The first-order chi connectivity index (χ1) is 12.7. The zero-order valence-electron chi connectivity index (χ0n) is 15.3. The Hall–Kier alpha value is -1.36. The molecule has 0 aromatic heterocycles. The molecule has 0 saturated carbocycles. The Morgan fingerprint density at radius 3 is 2.63 bits per heavy atom. The van der Waals surface area contributed by atoms with Crippen molar-refractivity contribution in [3.8, 4) is 5.75 Å². The van der Waals surface area contributed by atoms with Crippen LogP contribution in [0, 0.1) is 5.82 Å². The van der Waals surface area contributed by atoms with Gasteiger partial charge in [0.2, 0.25) is 0 Å². The smallest absolute Gasteiger partial charge is 0.124 e. The molecule has 27 heavy (non-hydrogen) atoms. The number of halogens is 3. The summed E-state index contributed by atoms with van der Waals surface area (Å²) >= 11 is 3.54. The van der Waals surface area contributed by atoms with Crippen LogP contribution in [0.4, 0.5) is 4.39 Å². The molecule has 146 valence electrons. The summed E-state index contributed by atoms with van der Waals surface area (Å²) in [5.74, 6) is 0.636. The first kappa shape index (κ1) is 21.9. The van der Waals surface area contributed by atoms with Gasteiger partial charge in [0.05, 0.1) is 0 Å². The molecule has 0 atom stereocenters. The highest BCUT2D eigenvalue weighted by molar-refractivity contribution is 9.10. The Morgan fingerprint density at radius 2 is 1.89 bits per heavy atom. The Bertz CT molecular complexity index is 748. The van der Waals surface area contributed by atoms with E-state index in [9.17, 15) is 4.39 Å². The maximum Gasteiger partial charge on any atom is 0.124 e. The minimum absolute atomic E-state index is 0. The van der Waals surface area contributed by atoms with Gasteiger partial charge in [0.1, 0.15) is 18.2 Å². The van der Waals surface area contributed by atoms with Crippen molar-refractivity contribution >= 4 is 28.3 Å². The first-order valence-electron chi connectivity index (χ1n) is 9.25. The molecule has 5 heteroatoms. The Labute approximate surface area is 175 Å². The summed E-state index contributed by atoms with van der Waals surface area (Å²) in [6.45, 7) is 2.18. The van der Waals surface area contributed by atoms with Crippen LogP contribution in [-0.4, -0.2) is 6.54 Å². The van der Waals surface area contributed by atoms with E-state index in [0.29, 0.717) is 6.61 Å². The minimum Gasteiger partial charge on any atom is -0.489 e. The van der Waals surface area contributed by atoms with E-state index in [0.717, 1.165) is 40.9 Å². The molecule has 0 spiro atoms. The summed E-state index contributed by atoms with van der Waals surface area (Å²) in [5, 5.41) is 3.53. The molecule has 2 nitrogen and oxygen atoms in total. The molecule has 0 amide bonds. The van der Waals surface area contributed by atoms with Gasteiger partial charge >= 0.3 is 0 Å².